The van der Waals surface area contributed by atoms with E-state index in [1.165, 1.54) is 50.5 Å². The predicted molar refractivity (Wildman–Crippen MR) is 101 cm³/mol. The van der Waals surface area contributed by atoms with Crippen LogP contribution in [0, 0.1) is 6.92 Å². The molecule has 0 aliphatic rings. The number of rotatable bonds is 12. The van der Waals surface area contributed by atoms with Crippen molar-refractivity contribution < 1.29 is 18.9 Å². The minimum absolute atomic E-state index is 0.167. The lowest BCUT2D eigenvalue weighted by atomic mass is 10.1. The minimum Gasteiger partial charge on any atom is -0.303 e. The Labute approximate surface area is 147 Å². The van der Waals surface area contributed by atoms with Gasteiger partial charge in [-0.3, -0.25) is 4.52 Å². The molecule has 0 heterocycles. The van der Waals surface area contributed by atoms with Gasteiger partial charge in [0.25, 0.3) is 0 Å². The highest BCUT2D eigenvalue weighted by molar-refractivity contribution is 7.46. The molecule has 0 aliphatic heterocycles. The average Bonchev–Trinajstić information content (AvgIpc) is 2.53. The number of phosphoric acid groups is 1. The molecule has 0 bridgehead atoms. The molecule has 0 aromatic heterocycles. The molecule has 0 spiro atoms. The van der Waals surface area contributed by atoms with Crippen LogP contribution in [0.15, 0.2) is 30.3 Å². The lowest BCUT2D eigenvalue weighted by Crippen LogP contribution is -1.92. The van der Waals surface area contributed by atoms with Crippen molar-refractivity contribution in [3.8, 4) is 0 Å². The fourth-order valence-corrected chi connectivity index (χ4v) is 2.67. The first-order valence-corrected chi connectivity index (χ1v) is 10.7. The molecule has 0 atom stereocenters. The molecule has 0 saturated heterocycles. The molecule has 1 rings (SSSR count). The van der Waals surface area contributed by atoms with Crippen molar-refractivity contribution in [1.29, 1.82) is 0 Å². The molecule has 24 heavy (non-hydrogen) atoms. The first kappa shape index (κ1) is 23.3. The van der Waals surface area contributed by atoms with Gasteiger partial charge >= 0.3 is 7.82 Å². The van der Waals surface area contributed by atoms with Crippen molar-refractivity contribution in [3.63, 3.8) is 0 Å². The van der Waals surface area contributed by atoms with E-state index in [1.807, 2.05) is 18.2 Å². The normalized spacial score (nSPS) is 11.0. The van der Waals surface area contributed by atoms with Gasteiger partial charge in [0, 0.05) is 0 Å². The van der Waals surface area contributed by atoms with Gasteiger partial charge in [0.15, 0.2) is 0 Å². The highest BCUT2D eigenvalue weighted by atomic mass is 31.2. The summed E-state index contributed by atoms with van der Waals surface area (Å²) in [5.41, 5.74) is 1.32. The molecule has 4 nitrogen and oxygen atoms in total. The second-order valence-corrected chi connectivity index (χ2v) is 7.40. The summed E-state index contributed by atoms with van der Waals surface area (Å²) in [6.45, 7) is 4.47. The van der Waals surface area contributed by atoms with Crippen molar-refractivity contribution in [2.45, 2.75) is 78.1 Å². The third kappa shape index (κ3) is 19.4. The van der Waals surface area contributed by atoms with Crippen LogP contribution in [-0.4, -0.2) is 16.4 Å². The number of unbranched alkanes of at least 4 members (excludes halogenated alkanes) is 9. The Bertz CT molecular complexity index is 417. The maximum absolute atomic E-state index is 10.4. The molecule has 140 valence electrons. The lowest BCUT2D eigenvalue weighted by Gasteiger charge is -2.05. The zero-order chi connectivity index (χ0) is 18.1. The molecule has 0 aliphatic carbocycles. The van der Waals surface area contributed by atoms with Gasteiger partial charge in [-0.15, -0.1) is 0 Å². The monoisotopic (exact) mass is 358 g/mol. The number of hydrogen-bond acceptors (Lipinski definition) is 2. The number of hydrogen-bond donors (Lipinski definition) is 2. The summed E-state index contributed by atoms with van der Waals surface area (Å²) in [4.78, 5) is 16.9. The van der Waals surface area contributed by atoms with E-state index in [1.54, 1.807) is 0 Å². The van der Waals surface area contributed by atoms with Crippen molar-refractivity contribution in [2.24, 2.45) is 0 Å². The van der Waals surface area contributed by atoms with Crippen molar-refractivity contribution in [2.75, 3.05) is 6.61 Å². The van der Waals surface area contributed by atoms with Gasteiger partial charge in [0.2, 0.25) is 0 Å². The zero-order valence-corrected chi connectivity index (χ0v) is 16.2. The van der Waals surface area contributed by atoms with Gasteiger partial charge in [-0.2, -0.15) is 0 Å². The summed E-state index contributed by atoms with van der Waals surface area (Å²) in [6.07, 6.45) is 12.0. The zero-order valence-electron chi connectivity index (χ0n) is 15.3. The maximum atomic E-state index is 10.4. The smallest absolute Gasteiger partial charge is 0.303 e. The maximum Gasteiger partial charge on any atom is 0.469 e. The van der Waals surface area contributed by atoms with Gasteiger partial charge in [-0.25, -0.2) is 4.57 Å². The first-order chi connectivity index (χ1) is 11.5. The van der Waals surface area contributed by atoms with E-state index in [0.29, 0.717) is 0 Å². The minimum atomic E-state index is -4.24. The molecule has 5 heteroatoms. The highest BCUT2D eigenvalue weighted by Gasteiger charge is 2.12. The Kier molecular flexibility index (Phi) is 15.4. The molecular weight excluding hydrogens is 323 g/mol. The van der Waals surface area contributed by atoms with Gasteiger partial charge < -0.3 is 9.79 Å². The van der Waals surface area contributed by atoms with E-state index in [0.717, 1.165) is 19.3 Å². The molecule has 1 aromatic carbocycles. The molecule has 0 amide bonds. The molecule has 0 radical (unpaired) electrons. The summed E-state index contributed by atoms with van der Waals surface area (Å²) < 4.78 is 14.7. The molecule has 1 aromatic rings. The van der Waals surface area contributed by atoms with Crippen LogP contribution in [0.2, 0.25) is 0 Å². The van der Waals surface area contributed by atoms with Crippen LogP contribution >= 0.6 is 7.82 Å². The second-order valence-electron chi connectivity index (χ2n) is 6.16. The Morgan fingerprint density at radius 2 is 1.29 bits per heavy atom. The second kappa shape index (κ2) is 15.8. The largest absolute Gasteiger partial charge is 0.469 e. The van der Waals surface area contributed by atoms with Gasteiger partial charge in [-0.1, -0.05) is 101 Å². The van der Waals surface area contributed by atoms with Crippen LogP contribution in [0.4, 0.5) is 0 Å². The van der Waals surface area contributed by atoms with Gasteiger partial charge in [0.1, 0.15) is 0 Å². The van der Waals surface area contributed by atoms with E-state index in [2.05, 4.69) is 30.5 Å². The predicted octanol–water partition coefficient (Wildman–Crippen LogP) is 6.01. The SMILES string of the molecule is CCCCCCCCCCCCOP(=O)(O)O.Cc1ccccc1. The summed E-state index contributed by atoms with van der Waals surface area (Å²) >= 11 is 0. The molecule has 0 saturated carbocycles. The lowest BCUT2D eigenvalue weighted by molar-refractivity contribution is 0.193. The Balaban J connectivity index is 0.000000620. The molecule has 0 fully saturated rings. The summed E-state index contributed by atoms with van der Waals surface area (Å²) in [6, 6.07) is 10.3. The molecular formula is C19H35O4P. The summed E-state index contributed by atoms with van der Waals surface area (Å²) in [5.74, 6) is 0. The van der Waals surface area contributed by atoms with Crippen LogP contribution in [0.1, 0.15) is 76.7 Å². The van der Waals surface area contributed by atoms with Crippen molar-refractivity contribution in [1.82, 2.24) is 0 Å². The summed E-state index contributed by atoms with van der Waals surface area (Å²) in [7, 11) is -4.24. The highest BCUT2D eigenvalue weighted by Crippen LogP contribution is 2.35. The van der Waals surface area contributed by atoms with E-state index < -0.39 is 7.82 Å². The average molecular weight is 358 g/mol. The van der Waals surface area contributed by atoms with Gasteiger partial charge in [-0.05, 0) is 13.3 Å². The van der Waals surface area contributed by atoms with Crippen LogP contribution in [0.3, 0.4) is 0 Å². The van der Waals surface area contributed by atoms with E-state index in [-0.39, 0.29) is 6.61 Å². The van der Waals surface area contributed by atoms with E-state index >= 15 is 0 Å². The Hall–Kier alpha value is -0.670. The fourth-order valence-electron chi connectivity index (χ4n) is 2.31. The van der Waals surface area contributed by atoms with Crippen molar-refractivity contribution in [3.05, 3.63) is 35.9 Å². The molecule has 0 unspecified atom stereocenters. The fraction of sp³-hybridized carbons (Fsp3) is 0.684. The standard InChI is InChI=1S/C12H27O4P.C7H8/c1-2-3-4-5-6-7-8-9-10-11-12-16-17(13,14)15;1-7-5-3-2-4-6-7/h2-12H2,1H3,(H2,13,14,15);2-6H,1H3. The van der Waals surface area contributed by atoms with E-state index in [9.17, 15) is 4.57 Å². The quantitative estimate of drug-likeness (QED) is 0.354. The Morgan fingerprint density at radius 1 is 0.833 bits per heavy atom. The van der Waals surface area contributed by atoms with Crippen LogP contribution in [-0.2, 0) is 9.09 Å². The third-order valence-corrected chi connectivity index (χ3v) is 4.22. The molecule has 2 N–H and O–H groups in total. The van der Waals surface area contributed by atoms with Gasteiger partial charge in [0.05, 0.1) is 6.61 Å². The van der Waals surface area contributed by atoms with Crippen LogP contribution < -0.4 is 0 Å². The van der Waals surface area contributed by atoms with Crippen LogP contribution in [0.25, 0.3) is 0 Å². The van der Waals surface area contributed by atoms with E-state index in [4.69, 9.17) is 9.79 Å². The van der Waals surface area contributed by atoms with Crippen LogP contribution in [0.5, 0.6) is 0 Å². The first-order valence-electron chi connectivity index (χ1n) is 9.17. The summed E-state index contributed by atoms with van der Waals surface area (Å²) in [5, 5.41) is 0. The third-order valence-electron chi connectivity index (χ3n) is 3.70. The van der Waals surface area contributed by atoms with Crippen molar-refractivity contribution >= 4 is 7.82 Å². The Morgan fingerprint density at radius 3 is 1.67 bits per heavy atom. The topological polar surface area (TPSA) is 66.8 Å². The number of phosphoric ester groups is 1. The number of aryl methyl sites for hydroxylation is 1. The number of benzene rings is 1.